The number of fused-ring (bicyclic) bond motifs is 2. The van der Waals surface area contributed by atoms with Crippen LogP contribution in [0.3, 0.4) is 0 Å². The lowest BCUT2D eigenvalue weighted by molar-refractivity contribution is -0.135. The molecule has 2 amide bonds. The van der Waals surface area contributed by atoms with E-state index in [9.17, 15) is 9.59 Å². The van der Waals surface area contributed by atoms with Gasteiger partial charge < -0.3 is 15.0 Å². The monoisotopic (exact) mass is 327 g/mol. The van der Waals surface area contributed by atoms with Crippen LogP contribution in [0, 0.1) is 11.8 Å². The molecule has 1 N–H and O–H groups in total. The van der Waals surface area contributed by atoms with Crippen LogP contribution >= 0.6 is 0 Å². The first-order valence-electron chi connectivity index (χ1n) is 8.37. The van der Waals surface area contributed by atoms with Crippen molar-refractivity contribution < 1.29 is 14.3 Å². The number of ether oxygens (including phenoxy) is 1. The molecule has 24 heavy (non-hydrogen) atoms. The van der Waals surface area contributed by atoms with Crippen LogP contribution in [0.2, 0.25) is 0 Å². The van der Waals surface area contributed by atoms with Crippen LogP contribution in [0.25, 0.3) is 0 Å². The number of hydrogen-bond donors (Lipinski definition) is 1. The highest BCUT2D eigenvalue weighted by atomic mass is 16.5. The Labute approximate surface area is 140 Å². The molecule has 4 rings (SSSR count). The zero-order chi connectivity index (χ0) is 16.7. The zero-order valence-corrected chi connectivity index (χ0v) is 13.7. The molecule has 2 aliphatic heterocycles. The maximum Gasteiger partial charge on any atom is 0.253 e. The standard InChI is InChI=1S/C18H21N3O3/c1-24-11-15(22)21-9-13-7-8-18(14(13)10-21)17(23)19-16(20-18)12-5-3-2-4-6-12/h2-6,13-14H,7-11H2,1H3,(H,19,20,23)/t13-,14+,18-/m1/s1. The van der Waals surface area contributed by atoms with Gasteiger partial charge in [-0.05, 0) is 18.8 Å². The van der Waals surface area contributed by atoms with Crippen LogP contribution in [-0.4, -0.2) is 54.9 Å². The third-order valence-electron chi connectivity index (χ3n) is 5.55. The van der Waals surface area contributed by atoms with Gasteiger partial charge in [-0.1, -0.05) is 30.3 Å². The summed E-state index contributed by atoms with van der Waals surface area (Å²) in [6.45, 7) is 1.39. The predicted octanol–water partition coefficient (Wildman–Crippen LogP) is 0.817. The fourth-order valence-corrected chi connectivity index (χ4v) is 4.36. The number of amides is 2. The fraction of sp³-hybridized carbons (Fsp3) is 0.500. The van der Waals surface area contributed by atoms with E-state index in [1.54, 1.807) is 0 Å². The SMILES string of the molecule is COCC(=O)N1C[C@H]2CC[C@@]3(N=C(c4ccccc4)NC3=O)[C@H]2C1. The van der Waals surface area contributed by atoms with Gasteiger partial charge in [-0.15, -0.1) is 0 Å². The molecule has 0 unspecified atom stereocenters. The third-order valence-corrected chi connectivity index (χ3v) is 5.55. The Kier molecular flexibility index (Phi) is 3.64. The summed E-state index contributed by atoms with van der Waals surface area (Å²) < 4.78 is 4.95. The molecule has 6 nitrogen and oxygen atoms in total. The molecule has 0 aromatic heterocycles. The molecular formula is C18H21N3O3. The normalized spacial score (nSPS) is 31.3. The van der Waals surface area contributed by atoms with E-state index >= 15 is 0 Å². The molecule has 1 aromatic carbocycles. The van der Waals surface area contributed by atoms with Crippen molar-refractivity contribution in [1.29, 1.82) is 0 Å². The van der Waals surface area contributed by atoms with E-state index in [1.165, 1.54) is 7.11 Å². The Bertz CT molecular complexity index is 703. The van der Waals surface area contributed by atoms with Crippen molar-refractivity contribution in [3.63, 3.8) is 0 Å². The quantitative estimate of drug-likeness (QED) is 0.893. The summed E-state index contributed by atoms with van der Waals surface area (Å²) >= 11 is 0. The topological polar surface area (TPSA) is 71.0 Å². The minimum absolute atomic E-state index is 0.00674. The minimum Gasteiger partial charge on any atom is -0.375 e. The van der Waals surface area contributed by atoms with E-state index in [0.29, 0.717) is 24.8 Å². The molecule has 2 heterocycles. The van der Waals surface area contributed by atoms with E-state index in [-0.39, 0.29) is 24.3 Å². The number of carbonyl (C=O) groups excluding carboxylic acids is 2. The maximum absolute atomic E-state index is 12.8. The molecule has 1 spiro atoms. The summed E-state index contributed by atoms with van der Waals surface area (Å²) in [7, 11) is 1.52. The van der Waals surface area contributed by atoms with E-state index < -0.39 is 5.54 Å². The largest absolute Gasteiger partial charge is 0.375 e. The third kappa shape index (κ3) is 2.24. The van der Waals surface area contributed by atoms with Crippen LogP contribution < -0.4 is 5.32 Å². The molecule has 126 valence electrons. The Morgan fingerprint density at radius 2 is 2.17 bits per heavy atom. The van der Waals surface area contributed by atoms with E-state index in [1.807, 2.05) is 35.2 Å². The predicted molar refractivity (Wildman–Crippen MR) is 88.5 cm³/mol. The first-order valence-corrected chi connectivity index (χ1v) is 8.37. The minimum atomic E-state index is -0.710. The number of hydrogen-bond acceptors (Lipinski definition) is 4. The summed E-state index contributed by atoms with van der Waals surface area (Å²) in [5, 5.41) is 2.97. The van der Waals surface area contributed by atoms with Crippen molar-refractivity contribution in [1.82, 2.24) is 10.2 Å². The Morgan fingerprint density at radius 3 is 2.92 bits per heavy atom. The highest BCUT2D eigenvalue weighted by molar-refractivity contribution is 6.15. The van der Waals surface area contributed by atoms with Crippen LogP contribution in [0.5, 0.6) is 0 Å². The van der Waals surface area contributed by atoms with Crippen molar-refractivity contribution in [2.75, 3.05) is 26.8 Å². The van der Waals surface area contributed by atoms with Crippen molar-refractivity contribution in [2.45, 2.75) is 18.4 Å². The Hall–Kier alpha value is -2.21. The maximum atomic E-state index is 12.8. The van der Waals surface area contributed by atoms with Crippen LogP contribution in [0.15, 0.2) is 35.3 Å². The van der Waals surface area contributed by atoms with Crippen molar-refractivity contribution >= 4 is 17.6 Å². The van der Waals surface area contributed by atoms with Gasteiger partial charge in [0.15, 0.2) is 0 Å². The van der Waals surface area contributed by atoms with Gasteiger partial charge in [0, 0.05) is 31.7 Å². The van der Waals surface area contributed by atoms with Gasteiger partial charge in [0.25, 0.3) is 5.91 Å². The second-order valence-corrected chi connectivity index (χ2v) is 6.84. The van der Waals surface area contributed by atoms with Crippen LogP contribution in [0.4, 0.5) is 0 Å². The van der Waals surface area contributed by atoms with E-state index in [0.717, 1.165) is 18.4 Å². The number of methoxy groups -OCH3 is 1. The first-order chi connectivity index (χ1) is 11.6. The number of rotatable bonds is 3. The molecule has 1 aliphatic carbocycles. The van der Waals surface area contributed by atoms with E-state index in [2.05, 4.69) is 5.32 Å². The highest BCUT2D eigenvalue weighted by Crippen LogP contribution is 2.49. The number of likely N-dealkylation sites (tertiary alicyclic amines) is 1. The highest BCUT2D eigenvalue weighted by Gasteiger charge is 2.59. The molecule has 2 fully saturated rings. The van der Waals surface area contributed by atoms with Crippen molar-refractivity contribution in [3.05, 3.63) is 35.9 Å². The smallest absolute Gasteiger partial charge is 0.253 e. The summed E-state index contributed by atoms with van der Waals surface area (Å²) in [4.78, 5) is 31.5. The number of aliphatic imine (C=N–C) groups is 1. The summed E-state index contributed by atoms with van der Waals surface area (Å²) in [6.07, 6.45) is 1.69. The molecule has 0 bridgehead atoms. The molecule has 1 saturated carbocycles. The number of benzene rings is 1. The van der Waals surface area contributed by atoms with Gasteiger partial charge in [0.1, 0.15) is 18.0 Å². The van der Waals surface area contributed by atoms with Crippen LogP contribution in [-0.2, 0) is 14.3 Å². The number of carbonyl (C=O) groups is 2. The second-order valence-electron chi connectivity index (χ2n) is 6.84. The lowest BCUT2D eigenvalue weighted by Gasteiger charge is -2.25. The molecule has 6 heteroatoms. The molecule has 1 aromatic rings. The van der Waals surface area contributed by atoms with Gasteiger partial charge in [0.05, 0.1) is 0 Å². The van der Waals surface area contributed by atoms with Gasteiger partial charge in [-0.2, -0.15) is 0 Å². The molecule has 1 saturated heterocycles. The summed E-state index contributed by atoms with van der Waals surface area (Å²) in [5.41, 5.74) is 0.217. The Morgan fingerprint density at radius 1 is 1.38 bits per heavy atom. The molecular weight excluding hydrogens is 306 g/mol. The number of nitrogens with one attached hydrogen (secondary N) is 1. The summed E-state index contributed by atoms with van der Waals surface area (Å²) in [5.74, 6) is 1.07. The van der Waals surface area contributed by atoms with Gasteiger partial charge in [-0.25, -0.2) is 0 Å². The molecule has 3 aliphatic rings. The summed E-state index contributed by atoms with van der Waals surface area (Å²) in [6, 6.07) is 9.72. The molecule has 0 radical (unpaired) electrons. The van der Waals surface area contributed by atoms with Gasteiger partial charge in [-0.3, -0.25) is 14.6 Å². The average Bonchev–Trinajstić information content (AvgIpc) is 3.25. The van der Waals surface area contributed by atoms with Gasteiger partial charge in [0.2, 0.25) is 5.91 Å². The van der Waals surface area contributed by atoms with Crippen LogP contribution in [0.1, 0.15) is 18.4 Å². The van der Waals surface area contributed by atoms with Crippen molar-refractivity contribution in [3.8, 4) is 0 Å². The average molecular weight is 327 g/mol. The number of amidine groups is 1. The van der Waals surface area contributed by atoms with E-state index in [4.69, 9.17) is 9.73 Å². The molecule has 3 atom stereocenters. The lowest BCUT2D eigenvalue weighted by atomic mass is 9.85. The first kappa shape index (κ1) is 15.3. The van der Waals surface area contributed by atoms with Crippen molar-refractivity contribution in [2.24, 2.45) is 16.8 Å². The lowest BCUT2D eigenvalue weighted by Crippen LogP contribution is -2.45. The zero-order valence-electron chi connectivity index (χ0n) is 13.7. The second kappa shape index (κ2) is 5.70. The Balaban J connectivity index is 1.60. The van der Waals surface area contributed by atoms with Gasteiger partial charge >= 0.3 is 0 Å². The number of nitrogens with zero attached hydrogens (tertiary/aromatic N) is 2. The fourth-order valence-electron chi connectivity index (χ4n) is 4.36.